The Hall–Kier alpha value is -2.80. The third-order valence-corrected chi connectivity index (χ3v) is 4.93. The van der Waals surface area contributed by atoms with E-state index >= 15 is 0 Å². The molecule has 0 spiro atoms. The van der Waals surface area contributed by atoms with Gasteiger partial charge >= 0.3 is 0 Å². The second-order valence-corrected chi connectivity index (χ2v) is 6.33. The van der Waals surface area contributed by atoms with Gasteiger partial charge in [-0.1, -0.05) is 48.5 Å². The average molecular weight is 296 g/mol. The highest BCUT2D eigenvalue weighted by atomic mass is 16.3. The van der Waals surface area contributed by atoms with Crippen molar-refractivity contribution in [2.75, 3.05) is 0 Å². The molecule has 1 nitrogen and oxygen atoms in total. The Morgan fingerprint density at radius 3 is 1.91 bits per heavy atom. The van der Waals surface area contributed by atoms with Gasteiger partial charge in [-0.2, -0.15) is 0 Å². The summed E-state index contributed by atoms with van der Waals surface area (Å²) in [5.41, 5.74) is 4.57. The third-order valence-electron chi connectivity index (χ3n) is 4.93. The summed E-state index contributed by atoms with van der Waals surface area (Å²) in [6.45, 7) is 4.32. The maximum atomic E-state index is 6.39. The van der Waals surface area contributed by atoms with Crippen LogP contribution in [-0.2, 0) is 0 Å². The van der Waals surface area contributed by atoms with Crippen LogP contribution in [0.5, 0.6) is 0 Å². The van der Waals surface area contributed by atoms with Crippen LogP contribution in [0.4, 0.5) is 0 Å². The predicted octanol–water partition coefficient (Wildman–Crippen LogP) is 6.51. The van der Waals surface area contributed by atoms with Gasteiger partial charge < -0.3 is 4.42 Å². The van der Waals surface area contributed by atoms with Crippen molar-refractivity contribution >= 4 is 43.5 Å². The Balaban J connectivity index is 2.09. The van der Waals surface area contributed by atoms with Gasteiger partial charge in [0.05, 0.1) is 0 Å². The number of fused-ring (bicyclic) bond motifs is 7. The molecular formula is C22H16O. The first-order chi connectivity index (χ1) is 11.2. The van der Waals surface area contributed by atoms with E-state index in [1.807, 2.05) is 0 Å². The highest BCUT2D eigenvalue weighted by Gasteiger charge is 2.14. The van der Waals surface area contributed by atoms with Crippen LogP contribution < -0.4 is 0 Å². The molecule has 1 aromatic heterocycles. The Kier molecular flexibility index (Phi) is 2.41. The van der Waals surface area contributed by atoms with Crippen LogP contribution in [0, 0.1) is 13.8 Å². The molecule has 1 heteroatoms. The first-order valence-electron chi connectivity index (χ1n) is 7.97. The summed E-state index contributed by atoms with van der Waals surface area (Å²) in [6, 6.07) is 21.6. The van der Waals surface area contributed by atoms with Crippen LogP contribution in [0.25, 0.3) is 43.5 Å². The number of hydrogen-bond acceptors (Lipinski definition) is 1. The predicted molar refractivity (Wildman–Crippen MR) is 98.2 cm³/mol. The molecule has 110 valence electrons. The third kappa shape index (κ3) is 1.62. The highest BCUT2D eigenvalue weighted by Crippen LogP contribution is 2.39. The molecule has 0 aliphatic heterocycles. The summed E-state index contributed by atoms with van der Waals surface area (Å²) in [7, 11) is 0. The van der Waals surface area contributed by atoms with E-state index in [9.17, 15) is 0 Å². The lowest BCUT2D eigenvalue weighted by molar-refractivity contribution is 0.676. The lowest BCUT2D eigenvalue weighted by Gasteiger charge is -2.02. The van der Waals surface area contributed by atoms with Crippen molar-refractivity contribution in [1.82, 2.24) is 0 Å². The van der Waals surface area contributed by atoms with Crippen molar-refractivity contribution in [2.45, 2.75) is 13.8 Å². The van der Waals surface area contributed by atoms with E-state index in [4.69, 9.17) is 4.42 Å². The number of hydrogen-bond donors (Lipinski definition) is 0. The SMILES string of the molecule is Cc1cccc2c1ccc1c3cc(C)c4ccccc4c3oc21. The van der Waals surface area contributed by atoms with Gasteiger partial charge in [0.15, 0.2) is 0 Å². The summed E-state index contributed by atoms with van der Waals surface area (Å²) >= 11 is 0. The minimum Gasteiger partial charge on any atom is -0.455 e. The van der Waals surface area contributed by atoms with Crippen LogP contribution in [0.2, 0.25) is 0 Å². The molecule has 0 atom stereocenters. The van der Waals surface area contributed by atoms with Crippen LogP contribution >= 0.6 is 0 Å². The molecule has 1 heterocycles. The molecular weight excluding hydrogens is 280 g/mol. The smallest absolute Gasteiger partial charge is 0.143 e. The zero-order chi connectivity index (χ0) is 15.6. The molecule has 5 rings (SSSR count). The largest absolute Gasteiger partial charge is 0.455 e. The highest BCUT2D eigenvalue weighted by molar-refractivity contribution is 6.20. The molecule has 0 saturated heterocycles. The summed E-state index contributed by atoms with van der Waals surface area (Å²) in [5, 5.41) is 7.33. The average Bonchev–Trinajstić information content (AvgIpc) is 2.95. The maximum absolute atomic E-state index is 6.39. The van der Waals surface area contributed by atoms with Crippen molar-refractivity contribution < 1.29 is 4.42 Å². The second-order valence-electron chi connectivity index (χ2n) is 6.33. The normalized spacial score (nSPS) is 11.9. The van der Waals surface area contributed by atoms with Gasteiger partial charge in [-0.3, -0.25) is 0 Å². The number of furan rings is 1. The lowest BCUT2D eigenvalue weighted by Crippen LogP contribution is -1.79. The van der Waals surface area contributed by atoms with Crippen LogP contribution in [0.3, 0.4) is 0 Å². The van der Waals surface area contributed by atoms with E-state index in [0.717, 1.165) is 11.2 Å². The fourth-order valence-corrected chi connectivity index (χ4v) is 3.75. The standard InChI is InChI=1S/C22H16O/c1-13-6-5-9-18-16(13)10-11-19-20-12-14(2)15-7-3-4-8-17(15)22(20)23-21(18)19/h3-12H,1-2H3. The molecule has 0 aliphatic carbocycles. The maximum Gasteiger partial charge on any atom is 0.143 e. The van der Waals surface area contributed by atoms with Gasteiger partial charge in [-0.05, 0) is 47.9 Å². The zero-order valence-corrected chi connectivity index (χ0v) is 13.2. The summed E-state index contributed by atoms with van der Waals surface area (Å²) in [5.74, 6) is 0. The Labute approximate surface area is 134 Å². The topological polar surface area (TPSA) is 13.1 Å². The number of benzene rings is 4. The number of aryl methyl sites for hydroxylation is 2. The van der Waals surface area contributed by atoms with E-state index in [-0.39, 0.29) is 0 Å². The first kappa shape index (κ1) is 12.7. The van der Waals surface area contributed by atoms with Crippen LogP contribution in [0.15, 0.2) is 65.1 Å². The quantitative estimate of drug-likeness (QED) is 0.317. The Morgan fingerprint density at radius 2 is 1.09 bits per heavy atom. The van der Waals surface area contributed by atoms with Gasteiger partial charge in [0, 0.05) is 21.5 Å². The van der Waals surface area contributed by atoms with Gasteiger partial charge in [-0.25, -0.2) is 0 Å². The molecule has 4 aromatic carbocycles. The molecule has 0 radical (unpaired) electrons. The molecule has 23 heavy (non-hydrogen) atoms. The molecule has 5 aromatic rings. The van der Waals surface area contributed by atoms with E-state index in [1.54, 1.807) is 0 Å². The van der Waals surface area contributed by atoms with Crippen LogP contribution in [0.1, 0.15) is 11.1 Å². The number of rotatable bonds is 0. The summed E-state index contributed by atoms with van der Waals surface area (Å²) < 4.78 is 6.39. The molecule has 0 unspecified atom stereocenters. The van der Waals surface area contributed by atoms with Crippen molar-refractivity contribution in [1.29, 1.82) is 0 Å². The van der Waals surface area contributed by atoms with Gasteiger partial charge in [0.25, 0.3) is 0 Å². The van der Waals surface area contributed by atoms with E-state index in [2.05, 4.69) is 74.5 Å². The lowest BCUT2D eigenvalue weighted by atomic mass is 9.99. The van der Waals surface area contributed by atoms with E-state index in [0.29, 0.717) is 0 Å². The Morgan fingerprint density at radius 1 is 0.522 bits per heavy atom. The summed E-state index contributed by atoms with van der Waals surface area (Å²) in [4.78, 5) is 0. The van der Waals surface area contributed by atoms with Crippen molar-refractivity contribution in [3.8, 4) is 0 Å². The molecule has 0 saturated carbocycles. The van der Waals surface area contributed by atoms with Gasteiger partial charge in [-0.15, -0.1) is 0 Å². The molecule has 0 aliphatic rings. The van der Waals surface area contributed by atoms with Gasteiger partial charge in [0.1, 0.15) is 11.2 Å². The molecule has 0 amide bonds. The molecule has 0 N–H and O–H groups in total. The fraction of sp³-hybridized carbons (Fsp3) is 0.0909. The second kappa shape index (κ2) is 4.36. The van der Waals surface area contributed by atoms with E-state index in [1.165, 1.54) is 43.4 Å². The minimum atomic E-state index is 0.996. The van der Waals surface area contributed by atoms with Crippen LogP contribution in [-0.4, -0.2) is 0 Å². The van der Waals surface area contributed by atoms with Crippen molar-refractivity contribution in [3.05, 3.63) is 71.8 Å². The molecule has 0 fully saturated rings. The summed E-state index contributed by atoms with van der Waals surface area (Å²) in [6.07, 6.45) is 0. The Bertz CT molecular complexity index is 1220. The first-order valence-corrected chi connectivity index (χ1v) is 7.97. The van der Waals surface area contributed by atoms with E-state index < -0.39 is 0 Å². The van der Waals surface area contributed by atoms with Crippen molar-refractivity contribution in [3.63, 3.8) is 0 Å². The zero-order valence-electron chi connectivity index (χ0n) is 13.2. The van der Waals surface area contributed by atoms with Gasteiger partial charge in [0.2, 0.25) is 0 Å². The molecule has 0 bridgehead atoms. The minimum absolute atomic E-state index is 0.996. The monoisotopic (exact) mass is 296 g/mol. The fourth-order valence-electron chi connectivity index (χ4n) is 3.75. The van der Waals surface area contributed by atoms with Crippen molar-refractivity contribution in [2.24, 2.45) is 0 Å².